The predicted molar refractivity (Wildman–Crippen MR) is 99.0 cm³/mol. The van der Waals surface area contributed by atoms with Crippen molar-refractivity contribution in [1.82, 2.24) is 19.4 Å². The molecular formula is C19H21FN6. The standard InChI is InChI=1S/C19H21FN6/c1-3-5-15-17(23-12-25-11-22-13(2)18(15)25)10-14-7-9-24-26(14)19-16(20)6-4-8-21-19/h4,6,8-9,11-12,14H,3,5,7,10H2,1-2H3. The lowest BCUT2D eigenvalue weighted by Crippen LogP contribution is -2.30. The second-order valence-corrected chi connectivity index (χ2v) is 6.55. The second kappa shape index (κ2) is 6.82. The van der Waals surface area contributed by atoms with Crippen LogP contribution in [0.4, 0.5) is 10.2 Å². The highest BCUT2D eigenvalue weighted by Crippen LogP contribution is 2.27. The van der Waals surface area contributed by atoms with Crippen molar-refractivity contribution < 1.29 is 4.39 Å². The van der Waals surface area contributed by atoms with E-state index < -0.39 is 0 Å². The van der Waals surface area contributed by atoms with Gasteiger partial charge in [-0.3, -0.25) is 4.40 Å². The van der Waals surface area contributed by atoms with E-state index in [2.05, 4.69) is 27.0 Å². The van der Waals surface area contributed by atoms with E-state index in [-0.39, 0.29) is 17.7 Å². The summed E-state index contributed by atoms with van der Waals surface area (Å²) in [6, 6.07) is 3.01. The number of imidazole rings is 1. The fourth-order valence-corrected chi connectivity index (χ4v) is 3.57. The van der Waals surface area contributed by atoms with Gasteiger partial charge in [-0.2, -0.15) is 5.10 Å². The molecule has 1 unspecified atom stereocenters. The molecule has 0 spiro atoms. The van der Waals surface area contributed by atoms with Gasteiger partial charge in [0.15, 0.2) is 11.6 Å². The molecule has 4 rings (SSSR count). The van der Waals surface area contributed by atoms with E-state index in [1.807, 2.05) is 23.9 Å². The Morgan fingerprint density at radius 1 is 1.23 bits per heavy atom. The summed E-state index contributed by atoms with van der Waals surface area (Å²) in [6.07, 6.45) is 10.4. The molecule has 0 N–H and O–H groups in total. The van der Waals surface area contributed by atoms with Gasteiger partial charge >= 0.3 is 0 Å². The lowest BCUT2D eigenvalue weighted by atomic mass is 10.00. The molecule has 0 saturated heterocycles. The molecule has 0 bridgehead atoms. The number of halogens is 1. The van der Waals surface area contributed by atoms with Crippen LogP contribution in [0.1, 0.15) is 36.7 Å². The van der Waals surface area contributed by atoms with Gasteiger partial charge in [-0.15, -0.1) is 0 Å². The highest BCUT2D eigenvalue weighted by atomic mass is 19.1. The maximum atomic E-state index is 14.2. The third-order valence-electron chi connectivity index (χ3n) is 4.76. The molecule has 26 heavy (non-hydrogen) atoms. The van der Waals surface area contributed by atoms with Crippen molar-refractivity contribution in [1.29, 1.82) is 0 Å². The lowest BCUT2D eigenvalue weighted by Gasteiger charge is -2.23. The van der Waals surface area contributed by atoms with Gasteiger partial charge in [0.1, 0.15) is 12.7 Å². The summed E-state index contributed by atoms with van der Waals surface area (Å²) in [7, 11) is 0. The summed E-state index contributed by atoms with van der Waals surface area (Å²) in [6.45, 7) is 4.18. The van der Waals surface area contributed by atoms with Crippen molar-refractivity contribution in [2.24, 2.45) is 5.10 Å². The summed E-state index contributed by atoms with van der Waals surface area (Å²) in [5.74, 6) is -0.0923. The molecule has 3 aromatic rings. The van der Waals surface area contributed by atoms with Gasteiger partial charge < -0.3 is 0 Å². The lowest BCUT2D eigenvalue weighted by molar-refractivity contribution is 0.581. The molecule has 0 amide bonds. The quantitative estimate of drug-likeness (QED) is 0.707. The van der Waals surface area contributed by atoms with E-state index in [4.69, 9.17) is 0 Å². The van der Waals surface area contributed by atoms with Crippen LogP contribution in [0.3, 0.4) is 0 Å². The third-order valence-corrected chi connectivity index (χ3v) is 4.76. The number of nitrogens with zero attached hydrogens (tertiary/aromatic N) is 6. The second-order valence-electron chi connectivity index (χ2n) is 6.55. The molecule has 4 heterocycles. The number of aryl methyl sites for hydroxylation is 2. The monoisotopic (exact) mass is 352 g/mol. The van der Waals surface area contributed by atoms with Gasteiger partial charge in [0.25, 0.3) is 0 Å². The molecule has 0 aromatic carbocycles. The van der Waals surface area contributed by atoms with Crippen LogP contribution in [0.2, 0.25) is 0 Å². The molecule has 0 radical (unpaired) electrons. The number of aromatic nitrogens is 4. The minimum Gasteiger partial charge on any atom is -0.289 e. The average molecular weight is 352 g/mol. The summed E-state index contributed by atoms with van der Waals surface area (Å²) in [4.78, 5) is 13.3. The summed E-state index contributed by atoms with van der Waals surface area (Å²) >= 11 is 0. The molecule has 0 aliphatic carbocycles. The Bertz CT molecular complexity index is 964. The Labute approximate surface area is 151 Å². The Hall–Kier alpha value is -2.83. The smallest absolute Gasteiger partial charge is 0.185 e. The van der Waals surface area contributed by atoms with E-state index >= 15 is 0 Å². The van der Waals surface area contributed by atoms with Gasteiger partial charge in [-0.1, -0.05) is 13.3 Å². The van der Waals surface area contributed by atoms with Crippen molar-refractivity contribution in [2.45, 2.75) is 45.6 Å². The van der Waals surface area contributed by atoms with Gasteiger partial charge in [-0.05, 0) is 31.0 Å². The predicted octanol–water partition coefficient (Wildman–Crippen LogP) is 3.33. The number of fused-ring (bicyclic) bond motifs is 1. The van der Waals surface area contributed by atoms with Crippen LogP contribution in [0, 0.1) is 12.7 Å². The summed E-state index contributed by atoms with van der Waals surface area (Å²) in [5, 5.41) is 6.03. The first-order valence-electron chi connectivity index (χ1n) is 8.91. The SMILES string of the molecule is CCCc1c(CC2CC=NN2c2ncccc2F)ncn2cnc(C)c12. The van der Waals surface area contributed by atoms with Crippen LogP contribution < -0.4 is 5.01 Å². The molecular weight excluding hydrogens is 331 g/mol. The third kappa shape index (κ3) is 2.83. The van der Waals surface area contributed by atoms with Crippen LogP contribution in [0.5, 0.6) is 0 Å². The number of hydrazone groups is 1. The molecule has 3 aromatic heterocycles. The molecule has 1 atom stereocenters. The van der Waals surface area contributed by atoms with E-state index in [0.29, 0.717) is 6.42 Å². The maximum Gasteiger partial charge on any atom is 0.185 e. The number of hydrogen-bond acceptors (Lipinski definition) is 5. The number of anilines is 1. The topological polar surface area (TPSA) is 58.7 Å². The van der Waals surface area contributed by atoms with E-state index in [1.54, 1.807) is 23.6 Å². The zero-order chi connectivity index (χ0) is 18.1. The van der Waals surface area contributed by atoms with Crippen LogP contribution in [0.25, 0.3) is 5.52 Å². The van der Waals surface area contributed by atoms with Gasteiger partial charge in [-0.25, -0.2) is 24.4 Å². The first kappa shape index (κ1) is 16.6. The van der Waals surface area contributed by atoms with Crippen molar-refractivity contribution in [2.75, 3.05) is 5.01 Å². The first-order valence-corrected chi connectivity index (χ1v) is 8.91. The normalized spacial score (nSPS) is 16.7. The van der Waals surface area contributed by atoms with E-state index in [1.165, 1.54) is 11.6 Å². The van der Waals surface area contributed by atoms with Crippen molar-refractivity contribution in [3.05, 3.63) is 53.8 Å². The Kier molecular flexibility index (Phi) is 4.36. The molecule has 7 heteroatoms. The maximum absolute atomic E-state index is 14.2. The van der Waals surface area contributed by atoms with Gasteiger partial charge in [0.2, 0.25) is 0 Å². The van der Waals surface area contributed by atoms with Crippen LogP contribution in [0.15, 0.2) is 36.1 Å². The molecule has 6 nitrogen and oxygen atoms in total. The van der Waals surface area contributed by atoms with Crippen LogP contribution in [-0.4, -0.2) is 31.6 Å². The van der Waals surface area contributed by atoms with Gasteiger partial charge in [0.05, 0.1) is 17.3 Å². The number of rotatable bonds is 5. The molecule has 0 saturated carbocycles. The molecule has 134 valence electrons. The zero-order valence-electron chi connectivity index (χ0n) is 14.9. The Morgan fingerprint density at radius 3 is 2.88 bits per heavy atom. The van der Waals surface area contributed by atoms with E-state index in [0.717, 1.165) is 36.2 Å². The number of hydrogen-bond donors (Lipinski definition) is 0. The fraction of sp³-hybridized carbons (Fsp3) is 0.368. The van der Waals surface area contributed by atoms with Crippen molar-refractivity contribution in [3.63, 3.8) is 0 Å². The Balaban J connectivity index is 1.69. The van der Waals surface area contributed by atoms with Gasteiger partial charge in [0, 0.05) is 30.9 Å². The highest BCUT2D eigenvalue weighted by molar-refractivity contribution is 5.66. The van der Waals surface area contributed by atoms with Crippen LogP contribution in [-0.2, 0) is 12.8 Å². The first-order chi connectivity index (χ1) is 12.7. The van der Waals surface area contributed by atoms with E-state index in [9.17, 15) is 4.39 Å². The Morgan fingerprint density at radius 2 is 2.08 bits per heavy atom. The minimum absolute atomic E-state index is 0.00758. The van der Waals surface area contributed by atoms with Crippen molar-refractivity contribution >= 4 is 17.5 Å². The molecule has 0 fully saturated rings. The van der Waals surface area contributed by atoms with Crippen molar-refractivity contribution in [3.8, 4) is 0 Å². The largest absolute Gasteiger partial charge is 0.289 e. The molecule has 1 aliphatic heterocycles. The minimum atomic E-state index is -0.361. The summed E-state index contributed by atoms with van der Waals surface area (Å²) in [5.41, 5.74) is 4.39. The fourth-order valence-electron chi connectivity index (χ4n) is 3.57. The average Bonchev–Trinajstić information content (AvgIpc) is 3.24. The van der Waals surface area contributed by atoms with Crippen LogP contribution >= 0.6 is 0 Å². The highest BCUT2D eigenvalue weighted by Gasteiger charge is 2.27. The summed E-state index contributed by atoms with van der Waals surface area (Å²) < 4.78 is 16.1. The zero-order valence-corrected chi connectivity index (χ0v) is 14.9. The number of pyridine rings is 1. The molecule has 1 aliphatic rings.